The molecule has 1 rings (SSSR count). The maximum Gasteiger partial charge on any atom is 0.126 e. The predicted octanol–water partition coefficient (Wildman–Crippen LogP) is 1.83. The predicted molar refractivity (Wildman–Crippen MR) is 50.9 cm³/mol. The first-order valence-electron chi connectivity index (χ1n) is 3.89. The molecule has 0 amide bonds. The summed E-state index contributed by atoms with van der Waals surface area (Å²) >= 11 is 0. The van der Waals surface area contributed by atoms with Gasteiger partial charge in [-0.25, -0.2) is 4.98 Å². The number of hydrogen-bond donors (Lipinski definition) is 1. The molecule has 0 atom stereocenters. The Morgan fingerprint density at radius 1 is 1.58 bits per heavy atom. The fourth-order valence-corrected chi connectivity index (χ4v) is 0.856. The molecule has 0 aliphatic carbocycles. The Bertz CT molecular complexity index is 307. The van der Waals surface area contributed by atoms with E-state index in [1.807, 2.05) is 26.0 Å². The molecule has 0 saturated carbocycles. The molecule has 0 unspecified atom stereocenters. The van der Waals surface area contributed by atoms with Crippen molar-refractivity contribution in [3.05, 3.63) is 23.9 Å². The lowest BCUT2D eigenvalue weighted by molar-refractivity contribution is 1.22. The van der Waals surface area contributed by atoms with Crippen LogP contribution < -0.4 is 5.32 Å². The summed E-state index contributed by atoms with van der Waals surface area (Å²) in [5.74, 6) is 6.61. The third kappa shape index (κ3) is 2.63. The highest BCUT2D eigenvalue weighted by atomic mass is 15.0. The van der Waals surface area contributed by atoms with Gasteiger partial charge >= 0.3 is 0 Å². The molecule has 0 fully saturated rings. The van der Waals surface area contributed by atoms with Gasteiger partial charge in [-0.3, -0.25) is 0 Å². The average Bonchev–Trinajstić information content (AvgIpc) is 2.05. The van der Waals surface area contributed by atoms with Crippen LogP contribution >= 0.6 is 0 Å². The zero-order valence-corrected chi connectivity index (χ0v) is 7.39. The minimum absolute atomic E-state index is 0.660. The van der Waals surface area contributed by atoms with Crippen molar-refractivity contribution < 1.29 is 0 Å². The Morgan fingerprint density at radius 2 is 2.42 bits per heavy atom. The van der Waals surface area contributed by atoms with Gasteiger partial charge in [0.1, 0.15) is 5.82 Å². The van der Waals surface area contributed by atoms with E-state index >= 15 is 0 Å². The molecule has 1 aromatic rings. The van der Waals surface area contributed by atoms with Gasteiger partial charge < -0.3 is 5.32 Å². The smallest absolute Gasteiger partial charge is 0.126 e. The van der Waals surface area contributed by atoms with Crippen molar-refractivity contribution in [2.75, 3.05) is 11.9 Å². The minimum Gasteiger partial charge on any atom is -0.359 e. The van der Waals surface area contributed by atoms with Crippen LogP contribution in [0.5, 0.6) is 0 Å². The summed E-state index contributed by atoms with van der Waals surface area (Å²) in [4.78, 5) is 4.13. The second kappa shape index (κ2) is 4.40. The molecule has 62 valence electrons. The van der Waals surface area contributed by atoms with E-state index < -0.39 is 0 Å². The molecule has 0 aliphatic rings. The number of hydrogen-bond acceptors (Lipinski definition) is 2. The Kier molecular flexibility index (Phi) is 3.16. The van der Waals surface area contributed by atoms with E-state index in [1.54, 1.807) is 6.20 Å². The van der Waals surface area contributed by atoms with Gasteiger partial charge in [0.15, 0.2) is 0 Å². The lowest BCUT2D eigenvalue weighted by Crippen LogP contribution is -2.00. The van der Waals surface area contributed by atoms with E-state index in [9.17, 15) is 0 Å². The summed E-state index contributed by atoms with van der Waals surface area (Å²) < 4.78 is 0. The third-order valence-corrected chi connectivity index (χ3v) is 1.45. The highest BCUT2D eigenvalue weighted by Gasteiger charge is 1.89. The van der Waals surface area contributed by atoms with Crippen molar-refractivity contribution in [1.29, 1.82) is 0 Å². The average molecular weight is 160 g/mol. The summed E-state index contributed by atoms with van der Waals surface area (Å²) in [6.45, 7) is 4.52. The summed E-state index contributed by atoms with van der Waals surface area (Å²) in [6, 6.07) is 3.97. The summed E-state index contributed by atoms with van der Waals surface area (Å²) in [6.07, 6.45) is 1.79. The molecular weight excluding hydrogens is 148 g/mol. The molecular formula is C10H12N2. The SMILES string of the molecule is CC#CCNc1cc(C)ccn1. The minimum atomic E-state index is 0.660. The molecule has 1 aromatic heterocycles. The van der Waals surface area contributed by atoms with Crippen LogP contribution in [0.15, 0.2) is 18.3 Å². The first-order valence-corrected chi connectivity index (χ1v) is 3.89. The van der Waals surface area contributed by atoms with Gasteiger partial charge in [-0.15, -0.1) is 5.92 Å². The molecule has 2 nitrogen and oxygen atoms in total. The normalized spacial score (nSPS) is 8.50. The molecule has 0 bridgehead atoms. The third-order valence-electron chi connectivity index (χ3n) is 1.45. The Balaban J connectivity index is 2.55. The number of nitrogens with zero attached hydrogens (tertiary/aromatic N) is 1. The van der Waals surface area contributed by atoms with Crippen LogP contribution in [0.3, 0.4) is 0 Å². The Labute approximate surface area is 73.0 Å². The Morgan fingerprint density at radius 3 is 3.08 bits per heavy atom. The summed E-state index contributed by atoms with van der Waals surface area (Å²) in [7, 11) is 0. The molecule has 0 radical (unpaired) electrons. The molecule has 0 spiro atoms. The van der Waals surface area contributed by atoms with Crippen LogP contribution in [-0.2, 0) is 0 Å². The topological polar surface area (TPSA) is 24.9 Å². The second-order valence-electron chi connectivity index (χ2n) is 2.50. The second-order valence-corrected chi connectivity index (χ2v) is 2.50. The lowest BCUT2D eigenvalue weighted by atomic mass is 10.3. The highest BCUT2D eigenvalue weighted by Crippen LogP contribution is 2.03. The zero-order chi connectivity index (χ0) is 8.81. The molecule has 0 saturated heterocycles. The summed E-state index contributed by atoms with van der Waals surface area (Å²) in [5, 5.41) is 3.10. The van der Waals surface area contributed by atoms with Crippen LogP contribution in [0.2, 0.25) is 0 Å². The standard InChI is InChI=1S/C10H12N2/c1-3-4-6-11-10-8-9(2)5-7-12-10/h5,7-8H,6H2,1-2H3,(H,11,12). The number of pyridine rings is 1. The van der Waals surface area contributed by atoms with Gasteiger partial charge in [0, 0.05) is 6.20 Å². The van der Waals surface area contributed by atoms with Gasteiger partial charge in [-0.05, 0) is 31.5 Å². The van der Waals surface area contributed by atoms with Crippen LogP contribution in [0.25, 0.3) is 0 Å². The van der Waals surface area contributed by atoms with Crippen molar-refractivity contribution in [3.8, 4) is 11.8 Å². The fraction of sp³-hybridized carbons (Fsp3) is 0.300. The number of anilines is 1. The zero-order valence-electron chi connectivity index (χ0n) is 7.39. The van der Waals surface area contributed by atoms with Crippen LogP contribution in [0.4, 0.5) is 5.82 Å². The summed E-state index contributed by atoms with van der Waals surface area (Å²) in [5.41, 5.74) is 1.21. The van der Waals surface area contributed by atoms with Crippen molar-refractivity contribution in [2.45, 2.75) is 13.8 Å². The van der Waals surface area contributed by atoms with Crippen LogP contribution in [0.1, 0.15) is 12.5 Å². The van der Waals surface area contributed by atoms with Gasteiger partial charge in [0.25, 0.3) is 0 Å². The van der Waals surface area contributed by atoms with E-state index in [-0.39, 0.29) is 0 Å². The fourth-order valence-electron chi connectivity index (χ4n) is 0.856. The van der Waals surface area contributed by atoms with Gasteiger partial charge in [0.2, 0.25) is 0 Å². The number of aryl methyl sites for hydroxylation is 1. The molecule has 0 aliphatic heterocycles. The molecule has 12 heavy (non-hydrogen) atoms. The van der Waals surface area contributed by atoms with Gasteiger partial charge in [-0.2, -0.15) is 0 Å². The molecule has 2 heteroatoms. The van der Waals surface area contributed by atoms with E-state index in [0.717, 1.165) is 5.82 Å². The highest BCUT2D eigenvalue weighted by molar-refractivity contribution is 5.38. The molecule has 0 aromatic carbocycles. The van der Waals surface area contributed by atoms with Gasteiger partial charge in [-0.1, -0.05) is 5.92 Å². The van der Waals surface area contributed by atoms with E-state index in [2.05, 4.69) is 22.1 Å². The molecule has 1 N–H and O–H groups in total. The molecule has 1 heterocycles. The quantitative estimate of drug-likeness (QED) is 0.667. The number of rotatable bonds is 2. The lowest BCUT2D eigenvalue weighted by Gasteiger charge is -2.00. The van der Waals surface area contributed by atoms with Gasteiger partial charge in [0.05, 0.1) is 6.54 Å². The van der Waals surface area contributed by atoms with Crippen molar-refractivity contribution in [3.63, 3.8) is 0 Å². The van der Waals surface area contributed by atoms with E-state index in [1.165, 1.54) is 5.56 Å². The van der Waals surface area contributed by atoms with E-state index in [0.29, 0.717) is 6.54 Å². The van der Waals surface area contributed by atoms with E-state index in [4.69, 9.17) is 0 Å². The first-order chi connectivity index (χ1) is 5.83. The van der Waals surface area contributed by atoms with Crippen molar-refractivity contribution in [1.82, 2.24) is 4.98 Å². The Hall–Kier alpha value is -1.49. The number of aromatic nitrogens is 1. The number of nitrogens with one attached hydrogen (secondary N) is 1. The monoisotopic (exact) mass is 160 g/mol. The van der Waals surface area contributed by atoms with Crippen LogP contribution in [0, 0.1) is 18.8 Å². The largest absolute Gasteiger partial charge is 0.359 e. The van der Waals surface area contributed by atoms with Crippen molar-refractivity contribution in [2.24, 2.45) is 0 Å². The first kappa shape index (κ1) is 8.61. The maximum absolute atomic E-state index is 4.13. The van der Waals surface area contributed by atoms with Crippen LogP contribution in [-0.4, -0.2) is 11.5 Å². The van der Waals surface area contributed by atoms with Crippen molar-refractivity contribution >= 4 is 5.82 Å². The maximum atomic E-state index is 4.13.